The number of benzene rings is 2. The molecule has 4 aromatic rings. The highest BCUT2D eigenvalue weighted by atomic mass is 16.8. The number of aliphatic carboxylic acids is 1. The Kier molecular flexibility index (Phi) is 11.6. The van der Waals surface area contributed by atoms with Gasteiger partial charge in [0.05, 0.1) is 12.6 Å². The number of ether oxygens (including phenoxy) is 4. The summed E-state index contributed by atoms with van der Waals surface area (Å²) in [5.41, 5.74) is -9.29. The van der Waals surface area contributed by atoms with E-state index in [0.29, 0.717) is 23.4 Å². The summed E-state index contributed by atoms with van der Waals surface area (Å²) in [6, 6.07) is 6.24. The lowest BCUT2D eigenvalue weighted by atomic mass is 9.67. The van der Waals surface area contributed by atoms with Gasteiger partial charge < -0.3 is 94.9 Å². The first kappa shape index (κ1) is 50.0. The number of nitrogens with one attached hydrogen (secondary N) is 3. The Morgan fingerprint density at radius 1 is 0.960 bits per heavy atom. The number of carbonyl (C=O) groups is 2. The summed E-state index contributed by atoms with van der Waals surface area (Å²) in [4.78, 5) is 45.7. The molecule has 7 aliphatic heterocycles. The van der Waals surface area contributed by atoms with Crippen LogP contribution in [0.5, 0.6) is 23.0 Å². The zero-order valence-electron chi connectivity index (χ0n) is 39.4. The Balaban J connectivity index is 1.19. The van der Waals surface area contributed by atoms with Gasteiger partial charge >= 0.3 is 11.9 Å². The van der Waals surface area contributed by atoms with E-state index < -0.39 is 125 Å². The first-order chi connectivity index (χ1) is 35.6. The molecule has 8 aliphatic rings. The number of aromatic nitrogens is 1. The first-order valence-corrected chi connectivity index (χ1v) is 23.8. The number of esters is 1. The topological polar surface area (TPSA) is 384 Å². The Morgan fingerprint density at radius 3 is 2.51 bits per heavy atom. The fourth-order valence-corrected chi connectivity index (χ4v) is 11.2. The first-order valence-electron chi connectivity index (χ1n) is 23.8. The predicted molar refractivity (Wildman–Crippen MR) is 252 cm³/mol. The van der Waals surface area contributed by atoms with E-state index in [1.54, 1.807) is 18.5 Å². The van der Waals surface area contributed by atoms with E-state index >= 15 is 4.79 Å². The van der Waals surface area contributed by atoms with Crippen LogP contribution >= 0.6 is 0 Å². The van der Waals surface area contributed by atoms with Gasteiger partial charge in [0.15, 0.2) is 23.0 Å². The number of aromatic hydroxyl groups is 3. The van der Waals surface area contributed by atoms with Crippen molar-refractivity contribution in [3.05, 3.63) is 104 Å². The monoisotopic (exact) mass is 1040 g/mol. The normalized spacial score (nSPS) is 34.3. The zero-order valence-corrected chi connectivity index (χ0v) is 39.4. The number of piperidine rings is 1. The van der Waals surface area contributed by atoms with Crippen LogP contribution in [0.1, 0.15) is 54.5 Å². The molecule has 0 amide bonds. The SMILES string of the molecule is C[C@H]1CCNC2NC=C([C@H]3C=C4Cc5[nH]ccc5C#CC[C@]5(O)[C@H](O)[C@@H](O)[C@@]4(Oc4cc6oc(-c7cc(O)c(O)c(CCO)c7)cc(=O)c6c(O)c43)O[C@@]53CC#C[C@]4(C(=O)O)O[C@H](OC3=O)[C@H](O)[C@@H](O)C4(O)O)C=C21. The van der Waals surface area contributed by atoms with E-state index in [-0.39, 0.29) is 63.9 Å². The summed E-state index contributed by atoms with van der Waals surface area (Å²) in [6.07, 6.45) is -8.78. The van der Waals surface area contributed by atoms with Crippen molar-refractivity contribution in [2.24, 2.45) is 5.92 Å². The molecule has 0 radical (unpaired) electrons. The number of fused-ring (bicyclic) bond motifs is 7. The molecule has 9 heterocycles. The third-order valence-electron chi connectivity index (χ3n) is 15.4. The number of carboxylic acids is 1. The molecular formula is C52H49N3O20. The van der Waals surface area contributed by atoms with Gasteiger partial charge in [0.25, 0.3) is 11.4 Å². The number of hydrogen-bond acceptors (Lipinski definition) is 21. The van der Waals surface area contributed by atoms with Crippen molar-refractivity contribution >= 4 is 22.9 Å². The number of H-pyrrole nitrogens is 1. The number of hydrogen-bond donors (Lipinski definition) is 15. The summed E-state index contributed by atoms with van der Waals surface area (Å²) in [5, 5.41) is 143. The molecule has 1 aliphatic carbocycles. The molecule has 2 spiro atoms. The average molecular weight is 1040 g/mol. The maximum Gasteiger partial charge on any atom is 0.354 e. The van der Waals surface area contributed by atoms with Crippen LogP contribution in [0, 0.1) is 29.6 Å². The van der Waals surface area contributed by atoms with Crippen molar-refractivity contribution in [3.63, 3.8) is 0 Å². The Hall–Kier alpha value is -7.23. The molecule has 392 valence electrons. The van der Waals surface area contributed by atoms with Gasteiger partial charge in [-0.25, -0.2) is 9.59 Å². The van der Waals surface area contributed by atoms with Crippen LogP contribution in [-0.2, 0) is 36.6 Å². The third-order valence-corrected chi connectivity index (χ3v) is 15.4. The molecule has 23 nitrogen and oxygen atoms in total. The molecular weight excluding hydrogens is 987 g/mol. The van der Waals surface area contributed by atoms with Crippen molar-refractivity contribution in [2.75, 3.05) is 13.2 Å². The summed E-state index contributed by atoms with van der Waals surface area (Å²) in [5.74, 6) is -4.62. The highest BCUT2D eigenvalue weighted by Crippen LogP contribution is 2.57. The van der Waals surface area contributed by atoms with E-state index in [1.165, 1.54) is 18.2 Å². The van der Waals surface area contributed by atoms with E-state index in [4.69, 9.17) is 23.4 Å². The number of phenols is 3. The molecule has 75 heavy (non-hydrogen) atoms. The van der Waals surface area contributed by atoms with E-state index in [9.17, 15) is 70.9 Å². The summed E-state index contributed by atoms with van der Waals surface area (Å²) in [6.45, 7) is 2.29. The van der Waals surface area contributed by atoms with Crippen LogP contribution in [-0.4, -0.2) is 157 Å². The number of allylic oxidation sites excluding steroid dienone is 3. The Morgan fingerprint density at radius 2 is 1.75 bits per heavy atom. The standard InChI is InChI=1S/C52H49N3O20/c1-22-5-11-54-44-28(22)15-26(21-55-44)29-17-27-18-30-23(6-12-53-30)4-2-8-48(68)42(63)43(64)51(27,75-50(48)10-3-9-49(46(65)66)52(69,70)41(62)40(61)45(74-49)72-47(50)67)73-35-20-34-37(39(60)36(29)35)31(57)19-33(71-34)25-14-24(7-13-56)38(59)32(58)16-25/h6,12,14-17,19-22,29,40-45,53-56,58-64,68-70H,5,7-8,10-11,13,18H2,1H3,(H,65,66)/t22-,29+,40+,41+,42+,43+,44?,45-,48-,49+,50+,51-/m0/s1. The molecule has 23 heteroatoms. The maximum absolute atomic E-state index is 15.3. The average Bonchev–Trinajstić information content (AvgIpc) is 3.77. The number of phenolic OH excluding ortho intramolecular Hbond substituents is 3. The highest BCUT2D eigenvalue weighted by molar-refractivity contribution is 5.90. The maximum atomic E-state index is 15.3. The van der Waals surface area contributed by atoms with Gasteiger partial charge in [0.2, 0.25) is 17.7 Å². The summed E-state index contributed by atoms with van der Waals surface area (Å²) in [7, 11) is 0. The summed E-state index contributed by atoms with van der Waals surface area (Å²) < 4.78 is 30.9. The molecule has 3 fully saturated rings. The minimum Gasteiger partial charge on any atom is -0.507 e. The fourth-order valence-electron chi connectivity index (χ4n) is 11.2. The van der Waals surface area contributed by atoms with E-state index in [2.05, 4.69) is 33.4 Å². The molecule has 2 aromatic carbocycles. The second-order valence-corrected chi connectivity index (χ2v) is 19.7. The van der Waals surface area contributed by atoms with E-state index in [0.717, 1.165) is 24.1 Å². The second-order valence-electron chi connectivity index (χ2n) is 19.7. The van der Waals surface area contributed by atoms with Gasteiger partial charge in [-0.1, -0.05) is 36.8 Å². The van der Waals surface area contributed by atoms with Crippen LogP contribution in [0.25, 0.3) is 22.3 Å². The van der Waals surface area contributed by atoms with Crippen molar-refractivity contribution in [1.82, 2.24) is 15.6 Å². The Labute approximate surface area is 423 Å². The quantitative estimate of drug-likeness (QED) is 0.0362. The number of dihydropyridines is 1. The van der Waals surface area contributed by atoms with E-state index in [1.807, 2.05) is 18.9 Å². The Bertz CT molecular complexity index is 3410. The fraction of sp³-hybridized carbons (Fsp3) is 0.404. The minimum atomic E-state index is -3.89. The lowest BCUT2D eigenvalue weighted by Gasteiger charge is -2.57. The van der Waals surface area contributed by atoms with Gasteiger partial charge in [-0.05, 0) is 60.6 Å². The molecule has 1 unspecified atom stereocenters. The number of aliphatic hydroxyl groups excluding tert-OH is 5. The van der Waals surface area contributed by atoms with Crippen molar-refractivity contribution in [1.29, 1.82) is 0 Å². The number of aliphatic hydroxyl groups is 8. The predicted octanol–water partition coefficient (Wildman–Crippen LogP) is -1.34. The van der Waals surface area contributed by atoms with Crippen LogP contribution < -0.4 is 20.8 Å². The van der Waals surface area contributed by atoms with Crippen molar-refractivity contribution in [3.8, 4) is 58.0 Å². The molecule has 12 rings (SSSR count). The van der Waals surface area contributed by atoms with Gasteiger partial charge in [0.1, 0.15) is 52.1 Å². The molecule has 12 atom stereocenters. The van der Waals surface area contributed by atoms with Crippen LogP contribution in [0.4, 0.5) is 0 Å². The smallest absolute Gasteiger partial charge is 0.354 e. The molecule has 15 N–H and O–H groups in total. The molecule has 2 aromatic heterocycles. The molecule has 0 saturated carbocycles. The van der Waals surface area contributed by atoms with Crippen LogP contribution in [0.2, 0.25) is 0 Å². The number of carbonyl (C=O) groups excluding carboxylic acids is 1. The lowest BCUT2D eigenvalue weighted by Crippen LogP contribution is -2.80. The van der Waals surface area contributed by atoms with Gasteiger partial charge in [-0.3, -0.25) is 10.1 Å². The number of rotatable bonds is 5. The van der Waals surface area contributed by atoms with Crippen molar-refractivity contribution in [2.45, 2.75) is 110 Å². The molecule has 4 bridgehead atoms. The largest absolute Gasteiger partial charge is 0.507 e. The summed E-state index contributed by atoms with van der Waals surface area (Å²) >= 11 is 0. The van der Waals surface area contributed by atoms with Crippen LogP contribution in [0.15, 0.2) is 80.8 Å². The van der Waals surface area contributed by atoms with Gasteiger partial charge in [-0.2, -0.15) is 0 Å². The highest BCUT2D eigenvalue weighted by Gasteiger charge is 2.76. The number of aromatic amines is 1. The minimum absolute atomic E-state index is 0.0233. The van der Waals surface area contributed by atoms with Gasteiger partial charge in [-0.15, -0.1) is 0 Å². The lowest BCUT2D eigenvalue weighted by molar-refractivity contribution is -0.399. The van der Waals surface area contributed by atoms with Crippen molar-refractivity contribution < 1.29 is 94.2 Å². The zero-order chi connectivity index (χ0) is 53.3. The van der Waals surface area contributed by atoms with Crippen LogP contribution in [0.3, 0.4) is 0 Å². The number of carboxylic acid groups (broad SMARTS) is 1. The van der Waals surface area contributed by atoms with Gasteiger partial charge in [0, 0.05) is 83.4 Å². The third kappa shape index (κ3) is 7.16. The molecule has 3 saturated heterocycles. The second kappa shape index (κ2) is 17.4.